The average molecular weight is 707 g/mol. The molecule has 8 rings (SSSR count). The van der Waals surface area contributed by atoms with Crippen molar-refractivity contribution in [1.82, 2.24) is 19.8 Å². The Balaban J connectivity index is 0.000000175. The molecule has 0 amide bonds. The van der Waals surface area contributed by atoms with Gasteiger partial charge in [-0.3, -0.25) is 9.59 Å². The Morgan fingerprint density at radius 3 is 1.96 bits per heavy atom. The molecule has 2 aromatic heterocycles. The maximum Gasteiger partial charge on any atom is 0.137 e. The van der Waals surface area contributed by atoms with Crippen molar-refractivity contribution in [2.75, 3.05) is 27.2 Å². The summed E-state index contributed by atoms with van der Waals surface area (Å²) < 4.78 is 0. The molecule has 6 heteroatoms. The molecule has 4 heterocycles. The van der Waals surface area contributed by atoms with Gasteiger partial charge in [0.2, 0.25) is 0 Å². The van der Waals surface area contributed by atoms with Crippen LogP contribution in [0.4, 0.5) is 0 Å². The maximum absolute atomic E-state index is 13.1. The van der Waals surface area contributed by atoms with Gasteiger partial charge < -0.3 is 19.8 Å². The second kappa shape index (κ2) is 15.6. The van der Waals surface area contributed by atoms with Gasteiger partial charge in [-0.2, -0.15) is 0 Å². The highest BCUT2D eigenvalue weighted by molar-refractivity contribution is 5.90. The number of hydrogen-bond acceptors (Lipinski definition) is 4. The number of carbonyl (C=O) groups excluding carboxylic acids is 2. The third kappa shape index (κ3) is 6.83. The minimum absolute atomic E-state index is 0. The minimum Gasteiger partial charge on any atom is -0.361 e. The fraction of sp³-hybridized carbons (Fsp3) is 0.609. The van der Waals surface area contributed by atoms with Crippen LogP contribution in [-0.2, 0) is 27.8 Å². The number of benzene rings is 2. The van der Waals surface area contributed by atoms with E-state index in [0.717, 1.165) is 77.3 Å². The number of rotatable bonds is 10. The van der Waals surface area contributed by atoms with Gasteiger partial charge in [0.05, 0.1) is 0 Å². The van der Waals surface area contributed by atoms with Gasteiger partial charge in [-0.15, -0.1) is 0 Å². The second-order valence-corrected chi connectivity index (χ2v) is 17.1. The average Bonchev–Trinajstić information content (AvgIpc) is 3.76. The van der Waals surface area contributed by atoms with Crippen LogP contribution in [0.1, 0.15) is 122 Å². The number of aromatic nitrogens is 2. The molecule has 4 aliphatic rings. The van der Waals surface area contributed by atoms with Crippen molar-refractivity contribution < 1.29 is 9.59 Å². The summed E-state index contributed by atoms with van der Waals surface area (Å²) in [6, 6.07) is 14.3. The Labute approximate surface area is 313 Å². The molecule has 2 aromatic carbocycles. The maximum atomic E-state index is 13.1. The molecule has 0 bridgehead atoms. The lowest BCUT2D eigenvalue weighted by molar-refractivity contribution is -0.127. The van der Waals surface area contributed by atoms with E-state index < -0.39 is 0 Å². The third-order valence-electron chi connectivity index (χ3n) is 14.2. The number of carbonyl (C=O) groups is 2. The first-order chi connectivity index (χ1) is 24.6. The van der Waals surface area contributed by atoms with Crippen molar-refractivity contribution in [1.29, 1.82) is 0 Å². The van der Waals surface area contributed by atoms with Gasteiger partial charge in [0.1, 0.15) is 11.6 Å². The number of nitrogens with zero attached hydrogens (tertiary/aromatic N) is 2. The summed E-state index contributed by atoms with van der Waals surface area (Å²) in [6.07, 6.45) is 14.5. The second-order valence-electron chi connectivity index (χ2n) is 17.1. The smallest absolute Gasteiger partial charge is 0.137 e. The van der Waals surface area contributed by atoms with Crippen LogP contribution in [-0.4, -0.2) is 70.6 Å². The molecule has 4 aromatic rings. The molecule has 6 atom stereocenters. The van der Waals surface area contributed by atoms with Crippen molar-refractivity contribution in [3.8, 4) is 0 Å². The lowest BCUT2D eigenvalue weighted by Gasteiger charge is -2.52. The van der Waals surface area contributed by atoms with Crippen molar-refractivity contribution >= 4 is 33.4 Å². The van der Waals surface area contributed by atoms with Crippen molar-refractivity contribution in [2.45, 2.75) is 130 Å². The van der Waals surface area contributed by atoms with Crippen LogP contribution in [0.15, 0.2) is 48.8 Å². The topological polar surface area (TPSA) is 72.2 Å². The summed E-state index contributed by atoms with van der Waals surface area (Å²) in [6.45, 7) is 13.1. The van der Waals surface area contributed by atoms with Crippen LogP contribution >= 0.6 is 0 Å². The number of likely N-dealkylation sites (N-methyl/N-ethyl adjacent to an activating group) is 2. The highest BCUT2D eigenvalue weighted by Gasteiger charge is 2.49. The van der Waals surface area contributed by atoms with Gasteiger partial charge in [0.15, 0.2) is 0 Å². The van der Waals surface area contributed by atoms with E-state index in [9.17, 15) is 9.59 Å². The molecule has 2 saturated heterocycles. The first kappa shape index (κ1) is 38.5. The standard InChI is InChI=1S/C23H32N2O.C22H30N2O.CH4/c1-5-15(6-2)10-20(26)17-12-23(3)18-8-7-9-19-22(18)16(13-24-19)11-21(23)25(4)14-17;1-4-14(5-2)9-21(25)16-10-18-17-7-6-8-19-22(17)15(12-23-19)11-20(18)24(3)13-16;/h7-9,13,15,17,21,24H,5-6,10-12,14H2,1-4H3;6-8,12,14,16,18,20,23H,4-5,9-11,13H2,1-3H3;1H4. The number of hydrogen-bond donors (Lipinski definition) is 2. The van der Waals surface area contributed by atoms with E-state index in [2.05, 4.69) is 117 Å². The zero-order valence-electron chi connectivity index (χ0n) is 32.4. The summed E-state index contributed by atoms with van der Waals surface area (Å²) in [5.74, 6) is 2.93. The first-order valence-electron chi connectivity index (χ1n) is 20.2. The number of Topliss-reactive ketones (excluding diaryl/α,β-unsaturated/α-hetero) is 2. The first-order valence-corrected chi connectivity index (χ1v) is 20.2. The van der Waals surface area contributed by atoms with E-state index >= 15 is 0 Å². The predicted molar refractivity (Wildman–Crippen MR) is 217 cm³/mol. The Bertz CT molecular complexity index is 1860. The molecule has 2 N–H and O–H groups in total. The summed E-state index contributed by atoms with van der Waals surface area (Å²) >= 11 is 0. The fourth-order valence-corrected chi connectivity index (χ4v) is 10.9. The van der Waals surface area contributed by atoms with Crippen LogP contribution in [0.5, 0.6) is 0 Å². The number of piperidine rings is 2. The molecule has 52 heavy (non-hydrogen) atoms. The molecule has 6 unspecified atom stereocenters. The van der Waals surface area contributed by atoms with E-state index in [0.29, 0.717) is 41.4 Å². The van der Waals surface area contributed by atoms with E-state index in [1.54, 1.807) is 0 Å². The van der Waals surface area contributed by atoms with Gasteiger partial charge in [-0.05, 0) is 86.0 Å². The quantitative estimate of drug-likeness (QED) is 0.172. The van der Waals surface area contributed by atoms with Gasteiger partial charge in [-0.25, -0.2) is 0 Å². The number of aromatic amines is 2. The Morgan fingerprint density at radius 2 is 1.33 bits per heavy atom. The van der Waals surface area contributed by atoms with E-state index in [4.69, 9.17) is 0 Å². The molecular weight excluding hydrogens is 641 g/mol. The monoisotopic (exact) mass is 707 g/mol. The highest BCUT2D eigenvalue weighted by Crippen LogP contribution is 2.49. The molecule has 2 aliphatic carbocycles. The number of ketones is 2. The molecule has 2 aliphatic heterocycles. The van der Waals surface area contributed by atoms with Crippen LogP contribution < -0.4 is 0 Å². The van der Waals surface area contributed by atoms with E-state index in [1.165, 1.54) is 44.1 Å². The minimum atomic E-state index is 0. The van der Waals surface area contributed by atoms with Crippen LogP contribution in [0.3, 0.4) is 0 Å². The van der Waals surface area contributed by atoms with E-state index in [1.807, 2.05) is 0 Å². The van der Waals surface area contributed by atoms with Crippen molar-refractivity contribution in [3.63, 3.8) is 0 Å². The van der Waals surface area contributed by atoms with Gasteiger partial charge in [-0.1, -0.05) is 92.0 Å². The highest BCUT2D eigenvalue weighted by atomic mass is 16.1. The zero-order chi connectivity index (χ0) is 36.0. The number of fused-ring (bicyclic) bond motifs is 4. The number of likely N-dealkylation sites (tertiary alicyclic amines) is 2. The summed E-state index contributed by atoms with van der Waals surface area (Å²) in [7, 11) is 4.43. The largest absolute Gasteiger partial charge is 0.361 e. The fourth-order valence-electron chi connectivity index (χ4n) is 10.9. The van der Waals surface area contributed by atoms with E-state index in [-0.39, 0.29) is 24.7 Å². The molecular formula is C46H66N4O2. The SMILES string of the molecule is C.CCC(CC)CC(=O)C1CC2c3cccc4[nH]cc(c34)CC2N(C)C1.CCC(CC)CC(=O)C1CN(C)C2Cc3c[nH]c4cccc(c34)C2(C)C1. The lowest BCUT2D eigenvalue weighted by atomic mass is 9.61. The Hall–Kier alpha value is -3.22. The predicted octanol–water partition coefficient (Wildman–Crippen LogP) is 9.86. The number of H-pyrrole nitrogens is 2. The summed E-state index contributed by atoms with van der Waals surface area (Å²) in [5.41, 5.74) is 8.32. The van der Waals surface area contributed by atoms with Gasteiger partial charge >= 0.3 is 0 Å². The van der Waals surface area contributed by atoms with Gasteiger partial charge in [0.25, 0.3) is 0 Å². The van der Waals surface area contributed by atoms with Crippen LogP contribution in [0, 0.1) is 23.7 Å². The molecule has 6 nitrogen and oxygen atoms in total. The molecule has 2 fully saturated rings. The Morgan fingerprint density at radius 1 is 0.769 bits per heavy atom. The molecule has 0 radical (unpaired) electrons. The summed E-state index contributed by atoms with van der Waals surface area (Å²) in [4.78, 5) is 37.9. The van der Waals surface area contributed by atoms with Crippen molar-refractivity contribution in [3.05, 3.63) is 71.0 Å². The lowest BCUT2D eigenvalue weighted by Crippen LogP contribution is -2.58. The van der Waals surface area contributed by atoms with Crippen LogP contribution in [0.2, 0.25) is 0 Å². The number of nitrogens with one attached hydrogen (secondary N) is 2. The zero-order valence-corrected chi connectivity index (χ0v) is 32.4. The normalized spacial score (nSPS) is 26.8. The Kier molecular flexibility index (Phi) is 11.6. The molecule has 0 spiro atoms. The van der Waals surface area contributed by atoms with Crippen LogP contribution in [0.25, 0.3) is 21.8 Å². The van der Waals surface area contributed by atoms with Gasteiger partial charge in [0, 0.05) is 95.4 Å². The van der Waals surface area contributed by atoms with Crippen molar-refractivity contribution in [2.24, 2.45) is 23.7 Å². The third-order valence-corrected chi connectivity index (χ3v) is 14.2. The molecule has 0 saturated carbocycles. The molecule has 282 valence electrons. The summed E-state index contributed by atoms with van der Waals surface area (Å²) in [5, 5.41) is 2.83.